The predicted octanol–water partition coefficient (Wildman–Crippen LogP) is 4.12. The van der Waals surface area contributed by atoms with Crippen molar-refractivity contribution in [3.63, 3.8) is 0 Å². The number of thioether (sulfide) groups is 1. The van der Waals surface area contributed by atoms with Crippen molar-refractivity contribution in [3.05, 3.63) is 53.3 Å². The highest BCUT2D eigenvalue weighted by atomic mass is 32.2. The fourth-order valence-corrected chi connectivity index (χ4v) is 2.28. The number of ether oxygens (including phenoxy) is 1. The standard InChI is InChI=1S/C16H16FNO2S/c1-10-4-5-11(8-14(10)17)18-16(19)13-7-6-12(21-3)9-15(13)20-2/h4-9H,1-3H3,(H,18,19). The van der Waals surface area contributed by atoms with E-state index in [9.17, 15) is 9.18 Å². The van der Waals surface area contributed by atoms with E-state index in [1.807, 2.05) is 12.3 Å². The molecule has 110 valence electrons. The van der Waals surface area contributed by atoms with Crippen LogP contribution in [0.2, 0.25) is 0 Å². The van der Waals surface area contributed by atoms with Crippen molar-refractivity contribution >= 4 is 23.4 Å². The summed E-state index contributed by atoms with van der Waals surface area (Å²) in [6.07, 6.45) is 1.95. The van der Waals surface area contributed by atoms with Crippen LogP contribution >= 0.6 is 11.8 Å². The van der Waals surface area contributed by atoms with Crippen molar-refractivity contribution in [1.82, 2.24) is 0 Å². The smallest absolute Gasteiger partial charge is 0.259 e. The summed E-state index contributed by atoms with van der Waals surface area (Å²) in [6, 6.07) is 9.94. The van der Waals surface area contributed by atoms with E-state index in [1.54, 1.807) is 43.0 Å². The first-order chi connectivity index (χ1) is 10.0. The van der Waals surface area contributed by atoms with E-state index in [1.165, 1.54) is 13.2 Å². The van der Waals surface area contributed by atoms with Crippen molar-refractivity contribution < 1.29 is 13.9 Å². The Morgan fingerprint density at radius 3 is 2.62 bits per heavy atom. The summed E-state index contributed by atoms with van der Waals surface area (Å²) in [7, 11) is 1.52. The monoisotopic (exact) mass is 305 g/mol. The van der Waals surface area contributed by atoms with Crippen molar-refractivity contribution in [2.24, 2.45) is 0 Å². The van der Waals surface area contributed by atoms with Crippen molar-refractivity contribution in [2.75, 3.05) is 18.7 Å². The Bertz CT molecular complexity index is 673. The zero-order chi connectivity index (χ0) is 15.4. The van der Waals surface area contributed by atoms with Crippen LogP contribution in [0.5, 0.6) is 5.75 Å². The Hall–Kier alpha value is -2.01. The molecule has 0 unspecified atom stereocenters. The van der Waals surface area contributed by atoms with Gasteiger partial charge in [-0.3, -0.25) is 4.79 Å². The maximum absolute atomic E-state index is 13.5. The van der Waals surface area contributed by atoms with Crippen LogP contribution in [0.4, 0.5) is 10.1 Å². The van der Waals surface area contributed by atoms with Crippen molar-refractivity contribution in [1.29, 1.82) is 0 Å². The van der Waals surface area contributed by atoms with Gasteiger partial charge in [0.05, 0.1) is 12.7 Å². The van der Waals surface area contributed by atoms with E-state index >= 15 is 0 Å². The summed E-state index contributed by atoms with van der Waals surface area (Å²) < 4.78 is 18.7. The number of methoxy groups -OCH3 is 1. The number of nitrogens with one attached hydrogen (secondary N) is 1. The molecule has 0 saturated carbocycles. The molecule has 0 aliphatic heterocycles. The first-order valence-corrected chi connectivity index (χ1v) is 7.57. The number of anilines is 1. The van der Waals surface area contributed by atoms with Crippen molar-refractivity contribution in [2.45, 2.75) is 11.8 Å². The second-order valence-electron chi connectivity index (χ2n) is 4.48. The Morgan fingerprint density at radius 2 is 2.00 bits per heavy atom. The molecule has 2 aromatic rings. The van der Waals surface area contributed by atoms with E-state index in [4.69, 9.17) is 4.74 Å². The lowest BCUT2D eigenvalue weighted by atomic mass is 10.1. The minimum absolute atomic E-state index is 0.331. The van der Waals surface area contributed by atoms with Crippen LogP contribution < -0.4 is 10.1 Å². The number of hydrogen-bond acceptors (Lipinski definition) is 3. The van der Waals surface area contributed by atoms with Gasteiger partial charge in [-0.25, -0.2) is 4.39 Å². The minimum atomic E-state index is -0.350. The number of halogens is 1. The maximum atomic E-state index is 13.5. The summed E-state index contributed by atoms with van der Waals surface area (Å²) in [5, 5.41) is 2.67. The highest BCUT2D eigenvalue weighted by Gasteiger charge is 2.13. The van der Waals surface area contributed by atoms with Gasteiger partial charge in [0.25, 0.3) is 5.91 Å². The third kappa shape index (κ3) is 3.55. The molecule has 0 saturated heterocycles. The molecular formula is C16H16FNO2S. The van der Waals surface area contributed by atoms with Gasteiger partial charge in [-0.2, -0.15) is 0 Å². The predicted molar refractivity (Wildman–Crippen MR) is 83.9 cm³/mol. The Balaban J connectivity index is 2.25. The van der Waals surface area contributed by atoms with E-state index in [0.717, 1.165) is 4.90 Å². The summed E-state index contributed by atoms with van der Waals surface area (Å²) in [4.78, 5) is 13.3. The molecule has 0 heterocycles. The Labute approximate surface area is 127 Å². The number of carbonyl (C=O) groups is 1. The fraction of sp³-hybridized carbons (Fsp3) is 0.188. The molecule has 0 aromatic heterocycles. The zero-order valence-electron chi connectivity index (χ0n) is 12.1. The molecule has 5 heteroatoms. The van der Waals surface area contributed by atoms with Crippen LogP contribution in [0.15, 0.2) is 41.3 Å². The van der Waals surface area contributed by atoms with Gasteiger partial charge in [0.1, 0.15) is 11.6 Å². The molecule has 2 rings (SSSR count). The molecule has 21 heavy (non-hydrogen) atoms. The molecule has 1 N–H and O–H groups in total. The molecule has 0 atom stereocenters. The molecule has 0 fully saturated rings. The summed E-state index contributed by atoms with van der Waals surface area (Å²) in [5.74, 6) is -0.188. The Kier molecular flexibility index (Phi) is 4.85. The van der Waals surface area contributed by atoms with Gasteiger partial charge in [-0.05, 0) is 49.1 Å². The van der Waals surface area contributed by atoms with Crippen LogP contribution in [0, 0.1) is 12.7 Å². The highest BCUT2D eigenvalue weighted by Crippen LogP contribution is 2.26. The molecule has 0 aliphatic rings. The fourth-order valence-electron chi connectivity index (χ4n) is 1.86. The lowest BCUT2D eigenvalue weighted by Crippen LogP contribution is -2.13. The normalized spacial score (nSPS) is 10.3. The second-order valence-corrected chi connectivity index (χ2v) is 5.36. The number of carbonyl (C=O) groups excluding carboxylic acids is 1. The molecule has 3 nitrogen and oxygen atoms in total. The first-order valence-electron chi connectivity index (χ1n) is 6.34. The largest absolute Gasteiger partial charge is 0.496 e. The quantitative estimate of drug-likeness (QED) is 0.864. The van der Waals surface area contributed by atoms with Crippen molar-refractivity contribution in [3.8, 4) is 5.75 Å². The number of hydrogen-bond donors (Lipinski definition) is 1. The van der Waals surface area contributed by atoms with Gasteiger partial charge in [0.2, 0.25) is 0 Å². The molecule has 0 bridgehead atoms. The summed E-state index contributed by atoms with van der Waals surface area (Å²) >= 11 is 1.56. The lowest BCUT2D eigenvalue weighted by Gasteiger charge is -2.11. The number of aryl methyl sites for hydroxylation is 1. The van der Waals surface area contributed by atoms with Crippen LogP contribution in [0.1, 0.15) is 15.9 Å². The third-order valence-corrected chi connectivity index (χ3v) is 3.81. The van der Waals surface area contributed by atoms with Gasteiger partial charge < -0.3 is 10.1 Å². The Morgan fingerprint density at radius 1 is 1.24 bits per heavy atom. The SMILES string of the molecule is COc1cc(SC)ccc1C(=O)Nc1ccc(C)c(F)c1. The lowest BCUT2D eigenvalue weighted by molar-refractivity contribution is 0.102. The molecule has 0 aliphatic carbocycles. The summed E-state index contributed by atoms with van der Waals surface area (Å²) in [6.45, 7) is 1.67. The third-order valence-electron chi connectivity index (χ3n) is 3.08. The van der Waals surface area contributed by atoms with Crippen LogP contribution in [0.3, 0.4) is 0 Å². The van der Waals surface area contributed by atoms with Gasteiger partial charge in [-0.15, -0.1) is 11.8 Å². The van der Waals surface area contributed by atoms with E-state index in [-0.39, 0.29) is 11.7 Å². The first kappa shape index (κ1) is 15.4. The molecule has 0 radical (unpaired) electrons. The number of benzene rings is 2. The highest BCUT2D eigenvalue weighted by molar-refractivity contribution is 7.98. The van der Waals surface area contributed by atoms with E-state index < -0.39 is 0 Å². The van der Waals surface area contributed by atoms with Crippen LogP contribution in [-0.2, 0) is 0 Å². The number of rotatable bonds is 4. The second kappa shape index (κ2) is 6.63. The zero-order valence-corrected chi connectivity index (χ0v) is 12.9. The van der Waals surface area contributed by atoms with Gasteiger partial charge in [0, 0.05) is 10.6 Å². The average molecular weight is 305 g/mol. The van der Waals surface area contributed by atoms with Gasteiger partial charge >= 0.3 is 0 Å². The molecule has 2 aromatic carbocycles. The molecular weight excluding hydrogens is 289 g/mol. The average Bonchev–Trinajstić information content (AvgIpc) is 2.50. The van der Waals surface area contributed by atoms with Crippen LogP contribution in [0.25, 0.3) is 0 Å². The van der Waals surface area contributed by atoms with E-state index in [0.29, 0.717) is 22.6 Å². The van der Waals surface area contributed by atoms with Gasteiger partial charge in [-0.1, -0.05) is 6.07 Å². The van der Waals surface area contributed by atoms with Crippen LogP contribution in [-0.4, -0.2) is 19.3 Å². The number of amides is 1. The molecule has 1 amide bonds. The summed E-state index contributed by atoms with van der Waals surface area (Å²) in [5.41, 5.74) is 1.37. The topological polar surface area (TPSA) is 38.3 Å². The maximum Gasteiger partial charge on any atom is 0.259 e. The van der Waals surface area contributed by atoms with Gasteiger partial charge in [0.15, 0.2) is 0 Å². The van der Waals surface area contributed by atoms with E-state index in [2.05, 4.69) is 5.32 Å². The minimum Gasteiger partial charge on any atom is -0.496 e. The molecule has 0 spiro atoms.